The monoisotopic (exact) mass is 563 g/mol. The highest BCUT2D eigenvalue weighted by molar-refractivity contribution is 7.92. The van der Waals surface area contributed by atoms with E-state index >= 15 is 0 Å². The summed E-state index contributed by atoms with van der Waals surface area (Å²) in [6.45, 7) is 7.20. The quantitative estimate of drug-likeness (QED) is 0.499. The fraction of sp³-hybridized carbons (Fsp3) is 0.667. The van der Waals surface area contributed by atoms with Gasteiger partial charge < -0.3 is 25.1 Å². The average Bonchev–Trinajstić information content (AvgIpc) is 2.88. The average molecular weight is 564 g/mol. The number of sulfonamides is 1. The van der Waals surface area contributed by atoms with E-state index in [0.29, 0.717) is 17.3 Å². The Kier molecular flexibility index (Phi) is 10.2. The van der Waals surface area contributed by atoms with Crippen molar-refractivity contribution in [3.63, 3.8) is 0 Å². The van der Waals surface area contributed by atoms with Gasteiger partial charge in [0.2, 0.25) is 10.0 Å². The highest BCUT2D eigenvalue weighted by Crippen LogP contribution is 2.30. The number of carbonyl (C=O) groups excluding carboxylic acids is 1. The zero-order valence-corrected chi connectivity index (χ0v) is 22.3. The topological polar surface area (TPSA) is 122 Å². The van der Waals surface area contributed by atoms with Crippen molar-refractivity contribution >= 4 is 33.3 Å². The number of carboxylic acid groups (broad SMARTS) is 1. The van der Waals surface area contributed by atoms with Crippen molar-refractivity contribution in [3.8, 4) is 0 Å². The number of rotatable bonds is 5. The van der Waals surface area contributed by atoms with Crippen LogP contribution in [-0.4, -0.2) is 106 Å². The number of carboxylic acids is 1. The summed E-state index contributed by atoms with van der Waals surface area (Å²) in [6, 6.07) is 6.01. The first kappa shape index (κ1) is 30.0. The molecule has 1 aromatic rings. The lowest BCUT2D eigenvalue weighted by molar-refractivity contribution is -0.192. The number of alkyl halides is 3. The third kappa shape index (κ3) is 8.73. The van der Waals surface area contributed by atoms with E-state index in [1.807, 2.05) is 17.0 Å². The molecule has 3 saturated heterocycles. The van der Waals surface area contributed by atoms with Gasteiger partial charge in [-0.1, -0.05) is 6.42 Å². The summed E-state index contributed by atoms with van der Waals surface area (Å²) in [7, 11) is -3.45. The molecule has 0 aliphatic carbocycles. The van der Waals surface area contributed by atoms with E-state index in [0.717, 1.165) is 64.1 Å². The normalized spacial score (nSPS) is 19.9. The zero-order valence-electron chi connectivity index (χ0n) is 21.5. The second-order valence-electron chi connectivity index (χ2n) is 9.77. The lowest BCUT2D eigenvalue weighted by atomic mass is 9.99. The van der Waals surface area contributed by atoms with E-state index in [4.69, 9.17) is 9.90 Å². The van der Waals surface area contributed by atoms with Crippen molar-refractivity contribution in [1.29, 1.82) is 0 Å². The Balaban J connectivity index is 0.000000505. The van der Waals surface area contributed by atoms with Crippen molar-refractivity contribution in [2.24, 2.45) is 0 Å². The van der Waals surface area contributed by atoms with Crippen molar-refractivity contribution in [3.05, 3.63) is 23.8 Å². The largest absolute Gasteiger partial charge is 0.490 e. The number of piperazine rings is 1. The Morgan fingerprint density at radius 1 is 1.00 bits per heavy atom. The minimum absolute atomic E-state index is 0.0134. The first-order chi connectivity index (χ1) is 17.8. The molecule has 214 valence electrons. The molecule has 0 radical (unpaired) electrons. The number of carbonyl (C=O) groups is 2. The second kappa shape index (κ2) is 13.0. The van der Waals surface area contributed by atoms with Gasteiger partial charge in [0.15, 0.2) is 0 Å². The summed E-state index contributed by atoms with van der Waals surface area (Å²) in [5.41, 5.74) is 1.85. The number of amides is 1. The third-order valence-corrected chi connectivity index (χ3v) is 7.49. The molecule has 3 N–H and O–H groups in total. The maximum Gasteiger partial charge on any atom is 0.490 e. The Hall–Kier alpha value is -2.58. The molecular weight excluding hydrogens is 527 g/mol. The molecule has 0 atom stereocenters. The van der Waals surface area contributed by atoms with Gasteiger partial charge in [0.05, 0.1) is 17.6 Å². The molecule has 1 amide bonds. The summed E-state index contributed by atoms with van der Waals surface area (Å²) >= 11 is 0. The molecule has 0 spiro atoms. The van der Waals surface area contributed by atoms with E-state index in [-0.39, 0.29) is 5.91 Å². The number of aliphatic carboxylic acids is 1. The summed E-state index contributed by atoms with van der Waals surface area (Å²) in [6.07, 6.45) is 2.00. The first-order valence-electron chi connectivity index (χ1n) is 12.8. The SMILES string of the molecule is CS(=O)(=O)Nc1cc(C(=O)N2CCC(N3CCCCC3)CC2)ccc1N1CCNCC1.O=C(O)C(F)(F)F. The van der Waals surface area contributed by atoms with Crippen LogP contribution in [0.1, 0.15) is 42.5 Å². The number of hydrogen-bond donors (Lipinski definition) is 3. The third-order valence-electron chi connectivity index (χ3n) is 6.90. The van der Waals surface area contributed by atoms with E-state index in [2.05, 4.69) is 19.8 Å². The van der Waals surface area contributed by atoms with Crippen LogP contribution in [0.5, 0.6) is 0 Å². The van der Waals surface area contributed by atoms with Gasteiger partial charge in [-0.2, -0.15) is 13.2 Å². The fourth-order valence-electron chi connectivity index (χ4n) is 5.03. The van der Waals surface area contributed by atoms with Crippen LogP contribution >= 0.6 is 0 Å². The summed E-state index contributed by atoms with van der Waals surface area (Å²) in [4.78, 5) is 28.8. The highest BCUT2D eigenvalue weighted by Gasteiger charge is 2.38. The van der Waals surface area contributed by atoms with Crippen molar-refractivity contribution < 1.29 is 36.3 Å². The predicted molar refractivity (Wildman–Crippen MR) is 138 cm³/mol. The molecule has 3 aliphatic heterocycles. The van der Waals surface area contributed by atoms with Crippen LogP contribution in [0.3, 0.4) is 0 Å². The number of hydrogen-bond acceptors (Lipinski definition) is 7. The Bertz CT molecular complexity index is 1070. The first-order valence-corrected chi connectivity index (χ1v) is 14.7. The van der Waals surface area contributed by atoms with E-state index in [1.54, 1.807) is 6.07 Å². The molecule has 10 nitrogen and oxygen atoms in total. The van der Waals surface area contributed by atoms with Crippen molar-refractivity contribution in [2.75, 3.05) is 68.2 Å². The Morgan fingerprint density at radius 3 is 2.11 bits per heavy atom. The highest BCUT2D eigenvalue weighted by atomic mass is 32.2. The van der Waals surface area contributed by atoms with Crippen LogP contribution in [0.4, 0.5) is 24.5 Å². The molecular formula is C24H36F3N5O5S. The number of nitrogens with one attached hydrogen (secondary N) is 2. The van der Waals surface area contributed by atoms with E-state index in [1.165, 1.54) is 32.4 Å². The molecule has 3 fully saturated rings. The van der Waals surface area contributed by atoms with Crippen LogP contribution in [-0.2, 0) is 14.8 Å². The summed E-state index contributed by atoms with van der Waals surface area (Å²) in [5, 5.41) is 10.4. The van der Waals surface area contributed by atoms with E-state index < -0.39 is 22.2 Å². The van der Waals surface area contributed by atoms with Gasteiger partial charge in [-0.05, 0) is 57.0 Å². The molecule has 1 aromatic carbocycles. The van der Waals surface area contributed by atoms with Crippen molar-refractivity contribution in [2.45, 2.75) is 44.3 Å². The van der Waals surface area contributed by atoms with Crippen LogP contribution in [0.25, 0.3) is 0 Å². The van der Waals surface area contributed by atoms with Crippen LogP contribution in [0.15, 0.2) is 18.2 Å². The maximum absolute atomic E-state index is 13.2. The van der Waals surface area contributed by atoms with Gasteiger partial charge in [-0.15, -0.1) is 0 Å². The molecule has 0 unspecified atom stereocenters. The lowest BCUT2D eigenvalue weighted by Crippen LogP contribution is -2.48. The molecule has 3 heterocycles. The minimum atomic E-state index is -5.08. The number of halogens is 3. The van der Waals surface area contributed by atoms with Crippen molar-refractivity contribution in [1.82, 2.24) is 15.1 Å². The number of nitrogens with zero attached hydrogens (tertiary/aromatic N) is 3. The zero-order chi connectivity index (χ0) is 27.9. The second-order valence-corrected chi connectivity index (χ2v) is 11.5. The van der Waals surface area contributed by atoms with Gasteiger partial charge in [0.25, 0.3) is 5.91 Å². The standard InChI is InChI=1S/C22H35N5O3S.C2HF3O2/c1-31(29,30)24-20-17-18(5-6-21(20)26-15-9-23-10-16-26)22(28)27-13-7-19(8-14-27)25-11-3-2-4-12-25;3-2(4,5)1(6)7/h5-6,17,19,23-24H,2-4,7-16H2,1H3;(H,6,7). The van der Waals surface area contributed by atoms with Crippen LogP contribution in [0, 0.1) is 0 Å². The number of benzene rings is 1. The minimum Gasteiger partial charge on any atom is -0.475 e. The molecule has 38 heavy (non-hydrogen) atoms. The smallest absolute Gasteiger partial charge is 0.475 e. The van der Waals surface area contributed by atoms with Gasteiger partial charge in [-0.3, -0.25) is 9.52 Å². The van der Waals surface area contributed by atoms with Gasteiger partial charge in [-0.25, -0.2) is 13.2 Å². The molecule has 0 bridgehead atoms. The van der Waals surface area contributed by atoms with Gasteiger partial charge in [0.1, 0.15) is 0 Å². The Morgan fingerprint density at radius 2 is 1.58 bits per heavy atom. The fourth-order valence-corrected chi connectivity index (χ4v) is 5.60. The molecule has 0 saturated carbocycles. The maximum atomic E-state index is 13.2. The predicted octanol–water partition coefficient (Wildman–Crippen LogP) is 2.19. The number of piperidine rings is 2. The summed E-state index contributed by atoms with van der Waals surface area (Å²) < 4.78 is 58.3. The Labute approximate surface area is 221 Å². The van der Waals surface area contributed by atoms with Gasteiger partial charge in [0, 0.05) is 50.9 Å². The number of likely N-dealkylation sites (tertiary alicyclic amines) is 2. The van der Waals surface area contributed by atoms with Gasteiger partial charge >= 0.3 is 12.1 Å². The lowest BCUT2D eigenvalue weighted by Gasteiger charge is -2.40. The molecule has 4 rings (SSSR count). The van der Waals surface area contributed by atoms with Crippen LogP contribution < -0.4 is 14.9 Å². The number of anilines is 2. The summed E-state index contributed by atoms with van der Waals surface area (Å²) in [5.74, 6) is -2.77. The molecule has 0 aromatic heterocycles. The van der Waals surface area contributed by atoms with Crippen LogP contribution in [0.2, 0.25) is 0 Å². The molecule has 14 heteroatoms. The van der Waals surface area contributed by atoms with E-state index in [9.17, 15) is 26.4 Å². The molecule has 3 aliphatic rings.